The number of amides is 3. The van der Waals surface area contributed by atoms with Gasteiger partial charge in [0.05, 0.1) is 13.2 Å². The van der Waals surface area contributed by atoms with Gasteiger partial charge in [0.25, 0.3) is 11.8 Å². The zero-order valence-corrected chi connectivity index (χ0v) is 15.5. The van der Waals surface area contributed by atoms with Crippen molar-refractivity contribution in [2.45, 2.75) is 6.92 Å². The molecule has 2 aromatic rings. The van der Waals surface area contributed by atoms with Crippen LogP contribution in [0.3, 0.4) is 0 Å². The Morgan fingerprint density at radius 2 is 1.90 bits per heavy atom. The molecule has 3 rings (SSSR count). The van der Waals surface area contributed by atoms with E-state index in [-0.39, 0.29) is 23.3 Å². The molecule has 8 heteroatoms. The molecule has 1 aromatic carbocycles. The van der Waals surface area contributed by atoms with Crippen LogP contribution < -0.4 is 5.73 Å². The summed E-state index contributed by atoms with van der Waals surface area (Å²) in [5.41, 5.74) is 6.54. The lowest BCUT2D eigenvalue weighted by molar-refractivity contribution is -0.140. The highest BCUT2D eigenvalue weighted by Gasteiger charge is 2.35. The van der Waals surface area contributed by atoms with Crippen molar-refractivity contribution >= 4 is 23.8 Å². The molecule has 0 radical (unpaired) electrons. The summed E-state index contributed by atoms with van der Waals surface area (Å²) >= 11 is 0. The minimum absolute atomic E-state index is 0.138. The van der Waals surface area contributed by atoms with Crippen molar-refractivity contribution in [2.75, 3.05) is 13.2 Å². The highest BCUT2D eigenvalue weighted by atomic mass is 16.3. The van der Waals surface area contributed by atoms with Crippen molar-refractivity contribution in [3.63, 3.8) is 0 Å². The first kappa shape index (κ1) is 19.8. The van der Waals surface area contributed by atoms with Crippen LogP contribution in [0.25, 0.3) is 17.4 Å². The molecular formula is C21H17N3O5. The van der Waals surface area contributed by atoms with Gasteiger partial charge in [0.2, 0.25) is 5.91 Å². The fraction of sp³-hybridized carbons (Fsp3) is 0.143. The Hall–Kier alpha value is -3.96. The van der Waals surface area contributed by atoms with E-state index < -0.39 is 24.3 Å². The summed E-state index contributed by atoms with van der Waals surface area (Å²) in [6, 6.07) is 11.7. The minimum atomic E-state index is -0.726. The van der Waals surface area contributed by atoms with E-state index in [4.69, 9.17) is 15.3 Å². The molecule has 146 valence electrons. The molecule has 0 fully saturated rings. The molecule has 1 aromatic heterocycles. The molecule has 0 spiro atoms. The number of aliphatic hydroxyl groups is 1. The summed E-state index contributed by atoms with van der Waals surface area (Å²) < 4.78 is 5.76. The number of nitriles is 1. The average Bonchev–Trinajstić information content (AvgIpc) is 3.18. The number of aliphatic hydroxyl groups excluding tert-OH is 1. The Morgan fingerprint density at radius 1 is 1.21 bits per heavy atom. The number of hydrogen-bond acceptors (Lipinski definition) is 6. The number of imide groups is 1. The van der Waals surface area contributed by atoms with Crippen LogP contribution in [0.1, 0.15) is 23.0 Å². The number of benzene rings is 1. The van der Waals surface area contributed by atoms with Gasteiger partial charge in [-0.3, -0.25) is 19.3 Å². The second kappa shape index (κ2) is 7.96. The number of furan rings is 1. The number of primary amides is 1. The molecule has 0 saturated carbocycles. The van der Waals surface area contributed by atoms with Crippen molar-refractivity contribution < 1.29 is 23.9 Å². The van der Waals surface area contributed by atoms with Gasteiger partial charge >= 0.3 is 0 Å². The third kappa shape index (κ3) is 3.72. The van der Waals surface area contributed by atoms with E-state index in [1.165, 1.54) is 13.0 Å². The second-order valence-electron chi connectivity index (χ2n) is 6.30. The van der Waals surface area contributed by atoms with Crippen LogP contribution in [-0.2, 0) is 9.59 Å². The summed E-state index contributed by atoms with van der Waals surface area (Å²) in [5, 5.41) is 18.4. The van der Waals surface area contributed by atoms with Gasteiger partial charge in [0.15, 0.2) is 0 Å². The van der Waals surface area contributed by atoms with Gasteiger partial charge in [-0.2, -0.15) is 5.26 Å². The smallest absolute Gasteiger partial charge is 0.271 e. The van der Waals surface area contributed by atoms with Crippen LogP contribution in [0.5, 0.6) is 0 Å². The van der Waals surface area contributed by atoms with Crippen molar-refractivity contribution in [1.29, 1.82) is 5.26 Å². The van der Waals surface area contributed by atoms with Gasteiger partial charge < -0.3 is 15.3 Å². The standard InChI is InChI=1S/C21H17N3O5/c1-12-16(20(27)24(8-9-25)21(28)17(12)11-22)10-15-6-7-18(29-15)13-2-4-14(5-3-13)19(23)26/h2-7,10,25H,8-9H2,1H3,(H2,23,26)/b16-10-. The monoisotopic (exact) mass is 391 g/mol. The fourth-order valence-electron chi connectivity index (χ4n) is 2.96. The van der Waals surface area contributed by atoms with Crippen molar-refractivity contribution in [3.05, 3.63) is 64.4 Å². The average molecular weight is 391 g/mol. The molecule has 2 heterocycles. The third-order valence-corrected chi connectivity index (χ3v) is 4.52. The number of nitrogens with two attached hydrogens (primary N) is 1. The predicted molar refractivity (Wildman–Crippen MR) is 103 cm³/mol. The second-order valence-corrected chi connectivity index (χ2v) is 6.30. The van der Waals surface area contributed by atoms with Crippen molar-refractivity contribution in [3.8, 4) is 17.4 Å². The van der Waals surface area contributed by atoms with E-state index in [9.17, 15) is 19.6 Å². The lowest BCUT2D eigenvalue weighted by Gasteiger charge is -2.26. The van der Waals surface area contributed by atoms with Crippen LogP contribution in [0.2, 0.25) is 0 Å². The van der Waals surface area contributed by atoms with Gasteiger partial charge in [0.1, 0.15) is 23.2 Å². The maximum atomic E-state index is 12.7. The van der Waals surface area contributed by atoms with Crippen molar-refractivity contribution in [2.24, 2.45) is 5.73 Å². The molecule has 0 saturated heterocycles. The first-order valence-electron chi connectivity index (χ1n) is 8.67. The Labute approximate surface area is 166 Å². The summed E-state index contributed by atoms with van der Waals surface area (Å²) in [6.07, 6.45) is 1.45. The van der Waals surface area contributed by atoms with Gasteiger partial charge in [-0.05, 0) is 42.8 Å². The topological polar surface area (TPSA) is 138 Å². The number of carbonyl (C=O) groups is 3. The van der Waals surface area contributed by atoms with Gasteiger partial charge in [-0.25, -0.2) is 0 Å². The van der Waals surface area contributed by atoms with E-state index in [0.717, 1.165) is 4.90 Å². The van der Waals surface area contributed by atoms with Gasteiger partial charge in [-0.15, -0.1) is 0 Å². The minimum Gasteiger partial charge on any atom is -0.457 e. The molecular weight excluding hydrogens is 374 g/mol. The first-order chi connectivity index (χ1) is 13.9. The van der Waals surface area contributed by atoms with Crippen LogP contribution in [0.15, 0.2) is 57.5 Å². The molecule has 0 unspecified atom stereocenters. The van der Waals surface area contributed by atoms with Crippen LogP contribution in [-0.4, -0.2) is 40.9 Å². The quantitative estimate of drug-likeness (QED) is 0.587. The molecule has 0 bridgehead atoms. The molecule has 3 amide bonds. The normalized spacial score (nSPS) is 15.8. The molecule has 1 aliphatic heterocycles. The largest absolute Gasteiger partial charge is 0.457 e. The Kier molecular flexibility index (Phi) is 5.43. The lowest BCUT2D eigenvalue weighted by atomic mass is 9.95. The zero-order valence-electron chi connectivity index (χ0n) is 15.5. The molecule has 0 atom stereocenters. The van der Waals surface area contributed by atoms with Crippen LogP contribution in [0, 0.1) is 11.3 Å². The lowest BCUT2D eigenvalue weighted by Crippen LogP contribution is -2.44. The van der Waals surface area contributed by atoms with Crippen molar-refractivity contribution in [1.82, 2.24) is 4.90 Å². The number of carbonyl (C=O) groups excluding carboxylic acids is 3. The number of rotatable bonds is 5. The van der Waals surface area contributed by atoms with E-state index >= 15 is 0 Å². The summed E-state index contributed by atoms with van der Waals surface area (Å²) in [7, 11) is 0. The number of hydrogen-bond donors (Lipinski definition) is 2. The van der Waals surface area contributed by atoms with Crippen LogP contribution in [0.4, 0.5) is 0 Å². The number of β-amino-alcohol motifs (C(OH)–C–C–N with tert-alkyl or cyclic N) is 1. The first-order valence-corrected chi connectivity index (χ1v) is 8.67. The van der Waals surface area contributed by atoms with Gasteiger partial charge in [0, 0.05) is 16.7 Å². The summed E-state index contributed by atoms with van der Waals surface area (Å²) in [5.74, 6) is -1.02. The highest BCUT2D eigenvalue weighted by molar-refractivity contribution is 6.19. The molecule has 8 nitrogen and oxygen atoms in total. The molecule has 3 N–H and O–H groups in total. The third-order valence-electron chi connectivity index (χ3n) is 4.52. The highest BCUT2D eigenvalue weighted by Crippen LogP contribution is 2.29. The fourth-order valence-corrected chi connectivity index (χ4v) is 2.96. The van der Waals surface area contributed by atoms with E-state index in [1.807, 2.05) is 6.07 Å². The molecule has 0 aliphatic carbocycles. The van der Waals surface area contributed by atoms with E-state index in [0.29, 0.717) is 22.6 Å². The summed E-state index contributed by atoms with van der Waals surface area (Å²) in [6.45, 7) is 0.903. The van der Waals surface area contributed by atoms with Crippen LogP contribution >= 0.6 is 0 Å². The Morgan fingerprint density at radius 3 is 2.48 bits per heavy atom. The Balaban J connectivity index is 1.98. The Bertz CT molecular complexity index is 1100. The summed E-state index contributed by atoms with van der Waals surface area (Å²) in [4.78, 5) is 36.9. The maximum Gasteiger partial charge on any atom is 0.271 e. The SMILES string of the molecule is CC1=C(C#N)C(=O)N(CCO)C(=O)/C1=C\c1ccc(-c2ccc(C(N)=O)cc2)o1. The van der Waals surface area contributed by atoms with E-state index in [1.54, 1.807) is 36.4 Å². The van der Waals surface area contributed by atoms with E-state index in [2.05, 4.69) is 0 Å². The molecule has 29 heavy (non-hydrogen) atoms. The maximum absolute atomic E-state index is 12.7. The zero-order chi connectivity index (χ0) is 21.1. The molecule has 1 aliphatic rings. The predicted octanol–water partition coefficient (Wildman–Crippen LogP) is 1.63. The van der Waals surface area contributed by atoms with Gasteiger partial charge in [-0.1, -0.05) is 12.1 Å². The number of nitrogens with zero attached hydrogens (tertiary/aromatic N) is 2.